The summed E-state index contributed by atoms with van der Waals surface area (Å²) in [6, 6.07) is 8.40. The van der Waals surface area contributed by atoms with Crippen LogP contribution >= 0.6 is 11.8 Å². The number of hydrogen-bond donors (Lipinski definition) is 0. The Morgan fingerprint density at radius 1 is 1.53 bits per heavy atom. The number of thioether (sulfide) groups is 1. The maximum absolute atomic E-state index is 13.1. The van der Waals surface area contributed by atoms with Crippen LogP contribution in [0.2, 0.25) is 0 Å². The SMILES string of the molecule is C[C@H](C#N)Sc1nccn1-c1cccc(F)c1. The molecule has 0 radical (unpaired) electrons. The molecule has 17 heavy (non-hydrogen) atoms. The summed E-state index contributed by atoms with van der Waals surface area (Å²) < 4.78 is 14.9. The van der Waals surface area contributed by atoms with Crippen LogP contribution in [0.5, 0.6) is 0 Å². The summed E-state index contributed by atoms with van der Waals surface area (Å²) in [4.78, 5) is 4.16. The van der Waals surface area contributed by atoms with E-state index in [0.717, 1.165) is 0 Å². The lowest BCUT2D eigenvalue weighted by molar-refractivity contribution is 0.626. The normalized spacial score (nSPS) is 12.1. The first-order chi connectivity index (χ1) is 8.20. The van der Waals surface area contributed by atoms with E-state index in [9.17, 15) is 4.39 Å². The summed E-state index contributed by atoms with van der Waals surface area (Å²) in [6.45, 7) is 1.80. The molecule has 0 aliphatic heterocycles. The highest BCUT2D eigenvalue weighted by atomic mass is 32.2. The zero-order valence-electron chi connectivity index (χ0n) is 9.17. The molecule has 1 atom stereocenters. The molecular weight excluding hydrogens is 237 g/mol. The molecule has 0 aliphatic rings. The van der Waals surface area contributed by atoms with Crippen LogP contribution in [-0.4, -0.2) is 14.8 Å². The van der Waals surface area contributed by atoms with Gasteiger partial charge in [0, 0.05) is 12.4 Å². The molecule has 2 rings (SSSR count). The zero-order valence-corrected chi connectivity index (χ0v) is 9.99. The van der Waals surface area contributed by atoms with Crippen LogP contribution in [0, 0.1) is 17.1 Å². The van der Waals surface area contributed by atoms with Gasteiger partial charge in [0.1, 0.15) is 5.82 Å². The van der Waals surface area contributed by atoms with Crippen LogP contribution in [0.15, 0.2) is 41.8 Å². The minimum absolute atomic E-state index is 0.190. The fourth-order valence-electron chi connectivity index (χ4n) is 1.38. The molecule has 1 aromatic heterocycles. The van der Waals surface area contributed by atoms with E-state index in [1.54, 1.807) is 36.0 Å². The van der Waals surface area contributed by atoms with Crippen LogP contribution in [0.3, 0.4) is 0 Å². The quantitative estimate of drug-likeness (QED) is 0.783. The van der Waals surface area contributed by atoms with Gasteiger partial charge in [0.15, 0.2) is 5.16 Å². The van der Waals surface area contributed by atoms with Gasteiger partial charge in [-0.15, -0.1) is 0 Å². The van der Waals surface area contributed by atoms with Crippen molar-refractivity contribution in [2.45, 2.75) is 17.3 Å². The topological polar surface area (TPSA) is 41.6 Å². The van der Waals surface area contributed by atoms with Gasteiger partial charge in [-0.1, -0.05) is 17.8 Å². The van der Waals surface area contributed by atoms with E-state index >= 15 is 0 Å². The lowest BCUT2D eigenvalue weighted by Gasteiger charge is -2.07. The van der Waals surface area contributed by atoms with Crippen molar-refractivity contribution >= 4 is 11.8 Å². The first-order valence-electron chi connectivity index (χ1n) is 5.06. The minimum Gasteiger partial charge on any atom is -0.295 e. The molecule has 86 valence electrons. The van der Waals surface area contributed by atoms with E-state index in [1.165, 1.54) is 23.9 Å². The molecule has 0 saturated carbocycles. The number of nitriles is 1. The van der Waals surface area contributed by atoms with E-state index in [4.69, 9.17) is 5.26 Å². The standard InChI is InChI=1S/C12H10FN3S/c1-9(8-14)17-12-15-5-6-16(12)11-4-2-3-10(13)7-11/h2-7,9H,1H3/t9-/m1/s1. The van der Waals surface area contributed by atoms with Crippen LogP contribution in [-0.2, 0) is 0 Å². The predicted molar refractivity (Wildman–Crippen MR) is 64.5 cm³/mol. The van der Waals surface area contributed by atoms with Crippen LogP contribution < -0.4 is 0 Å². The first kappa shape index (κ1) is 11.7. The lowest BCUT2D eigenvalue weighted by atomic mass is 10.3. The largest absolute Gasteiger partial charge is 0.295 e. The summed E-state index contributed by atoms with van der Waals surface area (Å²) in [5.74, 6) is -0.291. The maximum Gasteiger partial charge on any atom is 0.173 e. The number of imidazole rings is 1. The van der Waals surface area contributed by atoms with Gasteiger partial charge in [-0.2, -0.15) is 5.26 Å². The highest BCUT2D eigenvalue weighted by Gasteiger charge is 2.10. The molecule has 0 amide bonds. The fourth-order valence-corrected chi connectivity index (χ4v) is 2.15. The highest BCUT2D eigenvalue weighted by molar-refractivity contribution is 8.00. The van der Waals surface area contributed by atoms with Gasteiger partial charge in [0.25, 0.3) is 0 Å². The number of benzene rings is 1. The summed E-state index contributed by atoms with van der Waals surface area (Å²) in [6.07, 6.45) is 3.39. The predicted octanol–water partition coefficient (Wildman–Crippen LogP) is 3.02. The Morgan fingerprint density at radius 3 is 3.06 bits per heavy atom. The van der Waals surface area contributed by atoms with Gasteiger partial charge in [-0.25, -0.2) is 9.37 Å². The van der Waals surface area contributed by atoms with Crippen molar-refractivity contribution in [1.82, 2.24) is 9.55 Å². The summed E-state index contributed by atoms with van der Waals surface area (Å²) in [5.41, 5.74) is 0.704. The van der Waals surface area contributed by atoms with Crippen molar-refractivity contribution in [1.29, 1.82) is 5.26 Å². The molecule has 0 N–H and O–H groups in total. The second-order valence-corrected chi connectivity index (χ2v) is 4.76. The molecule has 0 unspecified atom stereocenters. The van der Waals surface area contributed by atoms with Crippen LogP contribution in [0.4, 0.5) is 4.39 Å². The van der Waals surface area contributed by atoms with Gasteiger partial charge in [0.2, 0.25) is 0 Å². The highest BCUT2D eigenvalue weighted by Crippen LogP contribution is 2.24. The second kappa shape index (κ2) is 5.02. The summed E-state index contributed by atoms with van der Waals surface area (Å²) in [5, 5.41) is 9.27. The van der Waals surface area contributed by atoms with Crippen molar-refractivity contribution < 1.29 is 4.39 Å². The molecule has 1 heterocycles. The minimum atomic E-state index is -0.291. The van der Waals surface area contributed by atoms with E-state index in [0.29, 0.717) is 10.8 Å². The fraction of sp³-hybridized carbons (Fsp3) is 0.167. The molecule has 2 aromatic rings. The van der Waals surface area contributed by atoms with Crippen LogP contribution in [0.25, 0.3) is 5.69 Å². The van der Waals surface area contributed by atoms with E-state index in [2.05, 4.69) is 11.1 Å². The van der Waals surface area contributed by atoms with E-state index in [-0.39, 0.29) is 11.1 Å². The van der Waals surface area contributed by atoms with Gasteiger partial charge >= 0.3 is 0 Å². The third kappa shape index (κ3) is 2.66. The molecule has 0 spiro atoms. The Labute approximate surface area is 103 Å². The molecule has 0 aliphatic carbocycles. The monoisotopic (exact) mass is 247 g/mol. The summed E-state index contributed by atoms with van der Waals surface area (Å²) in [7, 11) is 0. The molecule has 0 bridgehead atoms. The molecule has 1 aromatic carbocycles. The van der Waals surface area contributed by atoms with Crippen molar-refractivity contribution in [2.24, 2.45) is 0 Å². The van der Waals surface area contributed by atoms with Gasteiger partial charge in [0.05, 0.1) is 17.0 Å². The number of aromatic nitrogens is 2. The zero-order chi connectivity index (χ0) is 12.3. The number of rotatable bonds is 3. The first-order valence-corrected chi connectivity index (χ1v) is 5.94. The maximum atomic E-state index is 13.1. The third-order valence-corrected chi connectivity index (χ3v) is 3.13. The smallest absolute Gasteiger partial charge is 0.173 e. The van der Waals surface area contributed by atoms with E-state index < -0.39 is 0 Å². The van der Waals surface area contributed by atoms with Crippen LogP contribution in [0.1, 0.15) is 6.92 Å². The van der Waals surface area contributed by atoms with Gasteiger partial charge < -0.3 is 0 Å². The molecule has 0 fully saturated rings. The molecule has 0 saturated heterocycles. The number of nitrogens with zero attached hydrogens (tertiary/aromatic N) is 3. The Balaban J connectivity index is 2.34. The Hall–Kier alpha value is -1.80. The summed E-state index contributed by atoms with van der Waals surface area (Å²) >= 11 is 1.35. The van der Waals surface area contributed by atoms with Crippen molar-refractivity contribution in [2.75, 3.05) is 0 Å². The van der Waals surface area contributed by atoms with E-state index in [1.807, 2.05) is 0 Å². The molecule has 3 nitrogen and oxygen atoms in total. The van der Waals surface area contributed by atoms with Crippen molar-refractivity contribution in [3.63, 3.8) is 0 Å². The molecule has 5 heteroatoms. The number of hydrogen-bond acceptors (Lipinski definition) is 3. The van der Waals surface area contributed by atoms with Crippen molar-refractivity contribution in [3.05, 3.63) is 42.5 Å². The number of halogens is 1. The molecular formula is C12H10FN3S. The third-order valence-electron chi connectivity index (χ3n) is 2.16. The Kier molecular flexibility index (Phi) is 3.45. The lowest BCUT2D eigenvalue weighted by Crippen LogP contribution is -1.99. The Morgan fingerprint density at radius 2 is 2.35 bits per heavy atom. The van der Waals surface area contributed by atoms with Gasteiger partial charge in [-0.3, -0.25) is 4.57 Å². The van der Waals surface area contributed by atoms with Gasteiger partial charge in [-0.05, 0) is 25.1 Å². The average Bonchev–Trinajstić information content (AvgIpc) is 2.77. The Bertz CT molecular complexity index is 559. The second-order valence-electron chi connectivity index (χ2n) is 3.45. The van der Waals surface area contributed by atoms with Crippen molar-refractivity contribution in [3.8, 4) is 11.8 Å². The average molecular weight is 247 g/mol.